The van der Waals surface area contributed by atoms with Gasteiger partial charge in [-0.2, -0.15) is 5.26 Å². The molecule has 0 spiro atoms. The molecule has 2 atom stereocenters. The zero-order valence-electron chi connectivity index (χ0n) is 34.4. The van der Waals surface area contributed by atoms with E-state index in [1.54, 1.807) is 6.07 Å². The molecule has 0 saturated heterocycles. The van der Waals surface area contributed by atoms with Crippen molar-refractivity contribution in [2.75, 3.05) is 0 Å². The van der Waals surface area contributed by atoms with Gasteiger partial charge in [0.05, 0.1) is 21.9 Å². The van der Waals surface area contributed by atoms with Crippen LogP contribution >= 0.6 is 15.8 Å². The normalized spacial score (nSPS) is 11.6. The summed E-state index contributed by atoms with van der Waals surface area (Å²) >= 11 is 0. The molecule has 304 valence electrons. The number of rotatable bonds is 13. The number of hydrogen-bond acceptors (Lipinski definition) is 3. The maximum Gasteiger partial charge on any atom is 0 e. The summed E-state index contributed by atoms with van der Waals surface area (Å²) in [4.78, 5) is 11.0. The van der Waals surface area contributed by atoms with Gasteiger partial charge in [-0.3, -0.25) is 9.98 Å². The smallest absolute Gasteiger partial charge is 0 e. The Bertz CT molecular complexity index is 2380. The Balaban J connectivity index is 0.00000116. The van der Waals surface area contributed by atoms with Crippen LogP contribution in [-0.4, -0.2) is 12.4 Å². The molecule has 0 aromatic heterocycles. The number of benzene rings is 8. The predicted octanol–water partition coefficient (Wildman–Crippen LogP) is 10.2. The van der Waals surface area contributed by atoms with Crippen LogP contribution in [0.5, 0.6) is 0 Å². The van der Waals surface area contributed by atoms with Crippen LogP contribution in [0.15, 0.2) is 241 Å². The number of aliphatic imine (C=N–C) groups is 2. The Morgan fingerprint density at radius 3 is 0.919 bits per heavy atom. The fourth-order valence-corrected chi connectivity index (χ4v) is 12.8. The molecule has 8 aromatic rings. The minimum absolute atomic E-state index is 0. The standard InChI is InChI=1S/C52H42N2P2.C2H3N.CO.Fe/c1-7-23-41(24-8-1)51(53-39-43-27-19-21-37-49(43)55(45-29-11-3-12-30-45)46-31-13-4-14-32-46)52(42-25-9-2-10-26-42)54-40-44-28-20-22-38-50(44)56(47-33-15-5-16-34-47)48-35-17-6-18-36-48;1-2-3;1-2;/h1-40,51-52H;1H3;;/p+2. The van der Waals surface area contributed by atoms with Crippen molar-refractivity contribution in [3.05, 3.63) is 259 Å². The summed E-state index contributed by atoms with van der Waals surface area (Å²) in [6, 6.07) is 83.8. The molecule has 0 aliphatic heterocycles. The zero-order valence-corrected chi connectivity index (χ0v) is 37.5. The van der Waals surface area contributed by atoms with Crippen LogP contribution in [0.1, 0.15) is 41.3 Å². The molecule has 0 aliphatic rings. The first-order valence-corrected chi connectivity index (χ1v) is 23.1. The summed E-state index contributed by atoms with van der Waals surface area (Å²) in [5, 5.41) is 15.3. The Morgan fingerprint density at radius 1 is 0.419 bits per heavy atom. The number of nitriles is 1. The van der Waals surface area contributed by atoms with E-state index >= 15 is 0 Å². The molecule has 0 heterocycles. The Kier molecular flexibility index (Phi) is 19.2. The SMILES string of the molecule is C(=NC(c1ccccc1)C(N=Cc1ccccc1[PH+](c1ccccc1)c1ccccc1)c1ccccc1)c1ccccc1[PH+](c1ccccc1)c1ccccc1.CC#N.[C-]#[O+].[Fe]. The maximum absolute atomic E-state index is 7.50. The quantitative estimate of drug-likeness (QED) is 0.0374. The van der Waals surface area contributed by atoms with Crippen molar-refractivity contribution >= 4 is 60.1 Å². The topological polar surface area (TPSA) is 68.4 Å². The molecule has 7 heteroatoms. The number of hydrogen-bond donors (Lipinski definition) is 0. The summed E-state index contributed by atoms with van der Waals surface area (Å²) in [7, 11) is -2.62. The van der Waals surface area contributed by atoms with Gasteiger partial charge in [-0.15, -0.1) is 0 Å². The third-order valence-corrected chi connectivity index (χ3v) is 15.7. The molecule has 0 aliphatic carbocycles. The summed E-state index contributed by atoms with van der Waals surface area (Å²) in [6.07, 6.45) is 4.21. The van der Waals surface area contributed by atoms with Crippen LogP contribution in [-0.2, 0) is 21.7 Å². The van der Waals surface area contributed by atoms with Crippen LogP contribution < -0.4 is 31.8 Å². The third-order valence-electron chi connectivity index (χ3n) is 10.0. The first kappa shape index (κ1) is 46.8. The monoisotopic (exact) mass is 883 g/mol. The fraction of sp³-hybridized carbons (Fsp3) is 0.0545. The van der Waals surface area contributed by atoms with Crippen molar-refractivity contribution in [3.63, 3.8) is 0 Å². The average Bonchev–Trinajstić information content (AvgIpc) is 3.34. The van der Waals surface area contributed by atoms with E-state index in [1.165, 1.54) is 38.8 Å². The van der Waals surface area contributed by atoms with E-state index < -0.39 is 15.8 Å². The summed E-state index contributed by atoms with van der Waals surface area (Å²) in [5.41, 5.74) is 4.51. The molecule has 0 N–H and O–H groups in total. The minimum Gasteiger partial charge on any atom is 0 e. The molecule has 0 amide bonds. The van der Waals surface area contributed by atoms with Gasteiger partial charge in [0.25, 0.3) is 0 Å². The van der Waals surface area contributed by atoms with Gasteiger partial charge in [0, 0.05) is 47.5 Å². The first-order valence-electron chi connectivity index (χ1n) is 20.1. The molecule has 8 aromatic carbocycles. The molecular formula is C55H47FeN3OP2+2. The fourth-order valence-electron chi connectivity index (χ4n) is 7.37. The molecule has 0 fully saturated rings. The van der Waals surface area contributed by atoms with Crippen LogP contribution in [0.4, 0.5) is 0 Å². The zero-order chi connectivity index (χ0) is 42.5. The second-order valence-corrected chi connectivity index (χ2v) is 18.8. The van der Waals surface area contributed by atoms with Crippen LogP contribution in [0.25, 0.3) is 0 Å². The van der Waals surface area contributed by atoms with E-state index in [-0.39, 0.29) is 29.2 Å². The predicted molar refractivity (Wildman–Crippen MR) is 262 cm³/mol. The second kappa shape index (κ2) is 25.5. The van der Waals surface area contributed by atoms with E-state index in [2.05, 4.69) is 250 Å². The van der Waals surface area contributed by atoms with Crippen molar-refractivity contribution in [3.8, 4) is 6.07 Å². The van der Waals surface area contributed by atoms with Gasteiger partial charge in [-0.25, -0.2) is 0 Å². The molecule has 62 heavy (non-hydrogen) atoms. The Morgan fingerprint density at radius 2 is 0.645 bits per heavy atom. The van der Waals surface area contributed by atoms with E-state index in [0.717, 1.165) is 22.3 Å². The summed E-state index contributed by atoms with van der Waals surface area (Å²) in [5.74, 6) is 0. The largest absolute Gasteiger partial charge is 0 e. The number of nitrogens with zero attached hydrogens (tertiary/aromatic N) is 3. The van der Waals surface area contributed by atoms with E-state index in [0.29, 0.717) is 0 Å². The second-order valence-electron chi connectivity index (χ2n) is 13.9. The van der Waals surface area contributed by atoms with Gasteiger partial charge in [0.15, 0.2) is 0 Å². The van der Waals surface area contributed by atoms with Crippen molar-refractivity contribution in [2.45, 2.75) is 19.0 Å². The van der Waals surface area contributed by atoms with E-state index in [1.807, 2.05) is 0 Å². The van der Waals surface area contributed by atoms with Gasteiger partial charge >= 0.3 is 11.3 Å². The first-order chi connectivity index (χ1) is 30.2. The van der Waals surface area contributed by atoms with Gasteiger partial charge in [0.2, 0.25) is 0 Å². The molecule has 0 saturated carbocycles. The van der Waals surface area contributed by atoms with Gasteiger partial charge in [0.1, 0.15) is 43.9 Å². The molecule has 2 unspecified atom stereocenters. The van der Waals surface area contributed by atoms with Crippen LogP contribution in [0.3, 0.4) is 0 Å². The molecule has 0 radical (unpaired) electrons. The van der Waals surface area contributed by atoms with Crippen molar-refractivity contribution in [1.82, 2.24) is 0 Å². The Labute approximate surface area is 379 Å². The van der Waals surface area contributed by atoms with Crippen molar-refractivity contribution in [1.29, 1.82) is 5.26 Å². The molecule has 8 rings (SSSR count). The van der Waals surface area contributed by atoms with E-state index in [9.17, 15) is 0 Å². The summed E-state index contributed by atoms with van der Waals surface area (Å²) < 4.78 is 7.50. The van der Waals surface area contributed by atoms with Gasteiger partial charge in [-0.05, 0) is 83.9 Å². The van der Waals surface area contributed by atoms with Crippen molar-refractivity contribution < 1.29 is 21.7 Å². The molecular weight excluding hydrogens is 836 g/mol. The molecule has 0 bridgehead atoms. The third kappa shape index (κ3) is 12.4. The maximum atomic E-state index is 7.50. The average molecular weight is 884 g/mol. The van der Waals surface area contributed by atoms with Crippen molar-refractivity contribution in [2.24, 2.45) is 9.98 Å². The van der Waals surface area contributed by atoms with Crippen LogP contribution in [0.2, 0.25) is 0 Å². The van der Waals surface area contributed by atoms with Crippen LogP contribution in [0, 0.1) is 18.0 Å². The Hall–Kier alpha value is -6.29. The van der Waals surface area contributed by atoms with E-state index in [4.69, 9.17) is 19.9 Å². The van der Waals surface area contributed by atoms with Gasteiger partial charge in [-0.1, -0.05) is 158 Å². The van der Waals surface area contributed by atoms with Gasteiger partial charge < -0.3 is 0 Å². The molecule has 4 nitrogen and oxygen atoms in total. The minimum atomic E-state index is -1.31. The summed E-state index contributed by atoms with van der Waals surface area (Å²) in [6.45, 7) is 5.93.